The fourth-order valence-electron chi connectivity index (χ4n) is 2.63. The van der Waals surface area contributed by atoms with E-state index in [0.717, 1.165) is 37.7 Å². The molecule has 0 bridgehead atoms. The van der Waals surface area contributed by atoms with Crippen LogP contribution in [0.4, 0.5) is 0 Å². The highest BCUT2D eigenvalue weighted by Gasteiger charge is 2.25. The number of nitrogens with one attached hydrogen (secondary N) is 1. The lowest BCUT2D eigenvalue weighted by Crippen LogP contribution is -2.40. The van der Waals surface area contributed by atoms with E-state index in [9.17, 15) is 0 Å². The molecule has 2 heterocycles. The molecule has 1 aromatic rings. The Balaban J connectivity index is 0.00000242. The Morgan fingerprint density at radius 3 is 2.59 bits per heavy atom. The number of nitrogens with two attached hydrogens (primary N) is 1. The molecule has 1 aliphatic rings. The molecule has 1 saturated heterocycles. The molecule has 1 aromatic heterocycles. The Hall–Kier alpha value is -0.760. The normalized spacial score (nSPS) is 17.5. The summed E-state index contributed by atoms with van der Waals surface area (Å²) in [4.78, 5) is 6.81. The Morgan fingerprint density at radius 2 is 2.05 bits per heavy atom. The number of halogens is 1. The second-order valence-corrected chi connectivity index (χ2v) is 6.21. The van der Waals surface area contributed by atoms with E-state index in [-0.39, 0.29) is 30.0 Å². The van der Waals surface area contributed by atoms with E-state index in [1.807, 2.05) is 13.0 Å². The SMILES string of the molecule is Cc1ccc(C(CNC(N)=NCC(C)C)N2CCCC2)o1.I. The molecule has 0 aliphatic carbocycles. The fourth-order valence-corrected chi connectivity index (χ4v) is 2.63. The van der Waals surface area contributed by atoms with Gasteiger partial charge in [-0.3, -0.25) is 9.89 Å². The molecule has 0 amide bonds. The smallest absolute Gasteiger partial charge is 0.188 e. The van der Waals surface area contributed by atoms with Gasteiger partial charge >= 0.3 is 0 Å². The highest BCUT2D eigenvalue weighted by Crippen LogP contribution is 2.25. The molecular weight excluding hydrogens is 391 g/mol. The van der Waals surface area contributed by atoms with Crippen molar-refractivity contribution in [2.24, 2.45) is 16.6 Å². The molecule has 0 saturated carbocycles. The number of hydrogen-bond acceptors (Lipinski definition) is 3. The largest absolute Gasteiger partial charge is 0.465 e. The zero-order valence-electron chi connectivity index (χ0n) is 13.8. The third-order valence-corrected chi connectivity index (χ3v) is 3.77. The first-order valence-electron chi connectivity index (χ1n) is 7.90. The van der Waals surface area contributed by atoms with Gasteiger partial charge in [0.25, 0.3) is 0 Å². The van der Waals surface area contributed by atoms with Crippen LogP contribution in [-0.4, -0.2) is 37.0 Å². The van der Waals surface area contributed by atoms with Gasteiger partial charge in [-0.2, -0.15) is 0 Å². The molecule has 2 rings (SSSR count). The average molecular weight is 420 g/mol. The molecule has 0 radical (unpaired) electrons. The number of furan rings is 1. The van der Waals surface area contributed by atoms with Gasteiger partial charge in [0.05, 0.1) is 6.04 Å². The standard InChI is InChI=1S/C16H28N4O.HI/c1-12(2)10-18-16(17)19-11-14(20-8-4-5-9-20)15-7-6-13(3)21-15;/h6-7,12,14H,4-5,8-11H2,1-3H3,(H3,17,18,19);1H. The summed E-state index contributed by atoms with van der Waals surface area (Å²) in [6, 6.07) is 4.32. The van der Waals surface area contributed by atoms with Crippen molar-refractivity contribution in [2.75, 3.05) is 26.2 Å². The van der Waals surface area contributed by atoms with Crippen LogP contribution < -0.4 is 11.1 Å². The van der Waals surface area contributed by atoms with Gasteiger partial charge in [0.1, 0.15) is 11.5 Å². The molecule has 6 heteroatoms. The molecule has 1 unspecified atom stereocenters. The topological polar surface area (TPSA) is 66.8 Å². The number of aliphatic imine (C=N–C) groups is 1. The number of hydrogen-bond donors (Lipinski definition) is 2. The van der Waals surface area contributed by atoms with Gasteiger partial charge in [0.2, 0.25) is 0 Å². The maximum absolute atomic E-state index is 5.94. The van der Waals surface area contributed by atoms with Gasteiger partial charge in [-0.25, -0.2) is 0 Å². The summed E-state index contributed by atoms with van der Waals surface area (Å²) in [5.41, 5.74) is 5.94. The van der Waals surface area contributed by atoms with Gasteiger partial charge in [0, 0.05) is 13.1 Å². The Labute approximate surface area is 150 Å². The third kappa shape index (κ3) is 5.79. The first-order valence-corrected chi connectivity index (χ1v) is 7.90. The summed E-state index contributed by atoms with van der Waals surface area (Å²) in [5, 5.41) is 3.25. The fraction of sp³-hybridized carbons (Fsp3) is 0.688. The molecule has 5 nitrogen and oxygen atoms in total. The first kappa shape index (κ1) is 19.3. The van der Waals surface area contributed by atoms with E-state index in [0.29, 0.717) is 11.9 Å². The van der Waals surface area contributed by atoms with Crippen LogP contribution in [0.1, 0.15) is 44.3 Å². The van der Waals surface area contributed by atoms with Crippen molar-refractivity contribution in [3.8, 4) is 0 Å². The zero-order valence-corrected chi connectivity index (χ0v) is 16.2. The van der Waals surface area contributed by atoms with Crippen molar-refractivity contribution in [1.29, 1.82) is 0 Å². The van der Waals surface area contributed by atoms with E-state index in [2.05, 4.69) is 35.1 Å². The van der Waals surface area contributed by atoms with E-state index in [4.69, 9.17) is 10.2 Å². The lowest BCUT2D eigenvalue weighted by molar-refractivity contribution is 0.214. The number of guanidine groups is 1. The number of rotatable bonds is 6. The monoisotopic (exact) mass is 420 g/mol. The molecule has 3 N–H and O–H groups in total. The summed E-state index contributed by atoms with van der Waals surface area (Å²) in [7, 11) is 0. The highest BCUT2D eigenvalue weighted by atomic mass is 127. The molecule has 126 valence electrons. The van der Waals surface area contributed by atoms with Crippen LogP contribution >= 0.6 is 24.0 Å². The summed E-state index contributed by atoms with van der Waals surface area (Å²) >= 11 is 0. The van der Waals surface area contributed by atoms with Crippen LogP contribution in [0.15, 0.2) is 21.5 Å². The molecule has 1 aliphatic heterocycles. The second-order valence-electron chi connectivity index (χ2n) is 6.21. The number of likely N-dealkylation sites (tertiary alicyclic amines) is 1. The molecule has 1 fully saturated rings. The minimum Gasteiger partial charge on any atom is -0.465 e. The van der Waals surface area contributed by atoms with Crippen molar-refractivity contribution in [3.05, 3.63) is 23.7 Å². The predicted molar refractivity (Wildman–Crippen MR) is 102 cm³/mol. The predicted octanol–water partition coefficient (Wildman–Crippen LogP) is 2.90. The molecule has 1 atom stereocenters. The molecule has 0 aromatic carbocycles. The van der Waals surface area contributed by atoms with Gasteiger partial charge in [-0.1, -0.05) is 13.8 Å². The average Bonchev–Trinajstić information content (AvgIpc) is 3.09. The minimum atomic E-state index is 0. The van der Waals surface area contributed by atoms with Crippen molar-refractivity contribution in [1.82, 2.24) is 10.2 Å². The zero-order chi connectivity index (χ0) is 15.2. The Bertz CT molecular complexity index is 466. The molecule has 22 heavy (non-hydrogen) atoms. The van der Waals surface area contributed by atoms with E-state index in [1.165, 1.54) is 12.8 Å². The van der Waals surface area contributed by atoms with Crippen molar-refractivity contribution < 1.29 is 4.42 Å². The van der Waals surface area contributed by atoms with Gasteiger partial charge in [-0.05, 0) is 50.9 Å². The summed E-state index contributed by atoms with van der Waals surface area (Å²) < 4.78 is 5.83. The maximum atomic E-state index is 5.94. The summed E-state index contributed by atoms with van der Waals surface area (Å²) in [5.74, 6) is 3.01. The molecule has 0 spiro atoms. The first-order chi connectivity index (χ1) is 10.1. The Morgan fingerprint density at radius 1 is 1.36 bits per heavy atom. The van der Waals surface area contributed by atoms with Crippen LogP contribution in [0.25, 0.3) is 0 Å². The van der Waals surface area contributed by atoms with Gasteiger partial charge < -0.3 is 15.5 Å². The highest BCUT2D eigenvalue weighted by molar-refractivity contribution is 14.0. The quantitative estimate of drug-likeness (QED) is 0.422. The van der Waals surface area contributed by atoms with Crippen LogP contribution in [0, 0.1) is 12.8 Å². The van der Waals surface area contributed by atoms with E-state index >= 15 is 0 Å². The lowest BCUT2D eigenvalue weighted by Gasteiger charge is -2.26. The van der Waals surface area contributed by atoms with Crippen LogP contribution in [0.3, 0.4) is 0 Å². The van der Waals surface area contributed by atoms with Gasteiger partial charge in [0.15, 0.2) is 5.96 Å². The van der Waals surface area contributed by atoms with Crippen LogP contribution in [0.5, 0.6) is 0 Å². The summed E-state index contributed by atoms with van der Waals surface area (Å²) in [6.45, 7) is 9.99. The second kappa shape index (κ2) is 9.39. The Kier molecular flexibility index (Phi) is 8.24. The van der Waals surface area contributed by atoms with Crippen LogP contribution in [-0.2, 0) is 0 Å². The molecular formula is C16H29IN4O. The lowest BCUT2D eigenvalue weighted by atomic mass is 10.2. The van der Waals surface area contributed by atoms with E-state index < -0.39 is 0 Å². The maximum Gasteiger partial charge on any atom is 0.188 e. The van der Waals surface area contributed by atoms with Crippen molar-refractivity contribution in [2.45, 2.75) is 39.7 Å². The summed E-state index contributed by atoms with van der Waals surface area (Å²) in [6.07, 6.45) is 2.51. The van der Waals surface area contributed by atoms with Crippen molar-refractivity contribution in [3.63, 3.8) is 0 Å². The number of aryl methyl sites for hydroxylation is 1. The minimum absolute atomic E-state index is 0. The van der Waals surface area contributed by atoms with E-state index in [1.54, 1.807) is 0 Å². The third-order valence-electron chi connectivity index (χ3n) is 3.77. The number of nitrogens with zero attached hydrogens (tertiary/aromatic N) is 2. The van der Waals surface area contributed by atoms with Crippen molar-refractivity contribution >= 4 is 29.9 Å². The van der Waals surface area contributed by atoms with Crippen LogP contribution in [0.2, 0.25) is 0 Å². The van der Waals surface area contributed by atoms with Gasteiger partial charge in [-0.15, -0.1) is 24.0 Å².